The van der Waals surface area contributed by atoms with Crippen LogP contribution in [-0.2, 0) is 26.2 Å². The maximum atomic E-state index is 13.8. The van der Waals surface area contributed by atoms with Crippen LogP contribution in [0.4, 0.5) is 5.69 Å². The van der Waals surface area contributed by atoms with Gasteiger partial charge in [-0.05, 0) is 67.9 Å². The molecule has 11 heteroatoms. The van der Waals surface area contributed by atoms with Crippen molar-refractivity contribution in [3.8, 4) is 5.75 Å². The molecule has 0 heterocycles. The fraction of sp³-hybridized carbons (Fsp3) is 0.259. The molecule has 0 saturated heterocycles. The SMILES string of the molecule is CNC(=O)[C@H](C)N(Cc1ccc(Cl)cc1Cl)C(=O)CN(c1ccc(OC)cc1)S(=O)(=O)c1ccc(C)cc1. The highest BCUT2D eigenvalue weighted by Crippen LogP contribution is 2.28. The maximum Gasteiger partial charge on any atom is 0.264 e. The van der Waals surface area contributed by atoms with E-state index in [4.69, 9.17) is 27.9 Å². The second-order valence-electron chi connectivity index (χ2n) is 8.57. The Bertz CT molecular complexity index is 1400. The van der Waals surface area contributed by atoms with E-state index < -0.39 is 34.4 Å². The van der Waals surface area contributed by atoms with Crippen LogP contribution in [0.25, 0.3) is 0 Å². The van der Waals surface area contributed by atoms with Crippen molar-refractivity contribution >= 4 is 50.7 Å². The number of methoxy groups -OCH3 is 1. The van der Waals surface area contributed by atoms with Crippen LogP contribution in [0.15, 0.2) is 71.6 Å². The van der Waals surface area contributed by atoms with Crippen molar-refractivity contribution in [2.75, 3.05) is 25.0 Å². The fourth-order valence-corrected chi connectivity index (χ4v) is 5.62. The summed E-state index contributed by atoms with van der Waals surface area (Å²) < 4.78 is 33.8. The first-order valence-corrected chi connectivity index (χ1v) is 13.9. The normalized spacial score (nSPS) is 11.9. The van der Waals surface area contributed by atoms with E-state index in [1.807, 2.05) is 6.92 Å². The number of hydrogen-bond donors (Lipinski definition) is 1. The Balaban J connectivity index is 2.05. The molecule has 2 amide bonds. The summed E-state index contributed by atoms with van der Waals surface area (Å²) in [6.45, 7) is 2.81. The second kappa shape index (κ2) is 12.5. The lowest BCUT2D eigenvalue weighted by atomic mass is 10.1. The van der Waals surface area contributed by atoms with E-state index in [1.54, 1.807) is 55.5 Å². The molecule has 0 saturated carbocycles. The molecule has 0 aliphatic heterocycles. The van der Waals surface area contributed by atoms with Gasteiger partial charge in [0.25, 0.3) is 10.0 Å². The van der Waals surface area contributed by atoms with E-state index >= 15 is 0 Å². The summed E-state index contributed by atoms with van der Waals surface area (Å²) >= 11 is 12.4. The van der Waals surface area contributed by atoms with Gasteiger partial charge in [0.05, 0.1) is 17.7 Å². The van der Waals surface area contributed by atoms with Crippen LogP contribution in [-0.4, -0.2) is 51.9 Å². The van der Waals surface area contributed by atoms with Crippen molar-refractivity contribution in [3.05, 3.63) is 87.9 Å². The molecule has 0 fully saturated rings. The molecule has 3 rings (SSSR count). The van der Waals surface area contributed by atoms with Crippen LogP contribution >= 0.6 is 23.2 Å². The number of hydrogen-bond acceptors (Lipinski definition) is 5. The maximum absolute atomic E-state index is 13.8. The molecular weight excluding hydrogens is 549 g/mol. The highest BCUT2D eigenvalue weighted by molar-refractivity contribution is 7.92. The van der Waals surface area contributed by atoms with Gasteiger partial charge in [-0.2, -0.15) is 0 Å². The van der Waals surface area contributed by atoms with Gasteiger partial charge < -0.3 is 15.0 Å². The largest absolute Gasteiger partial charge is 0.497 e. The average molecular weight is 579 g/mol. The standard InChI is InChI=1S/C27H29Cl2N3O5S/c1-18-5-13-24(14-6-18)38(35,36)32(22-9-11-23(37-4)12-10-22)17-26(33)31(19(2)27(34)30-3)16-20-7-8-21(28)15-25(20)29/h5-15,19H,16-17H2,1-4H3,(H,30,34)/t19-/m0/s1. The minimum absolute atomic E-state index is 0.0263. The van der Waals surface area contributed by atoms with Crippen molar-refractivity contribution in [1.82, 2.24) is 10.2 Å². The molecule has 0 unspecified atom stereocenters. The van der Waals surface area contributed by atoms with E-state index in [0.29, 0.717) is 21.4 Å². The van der Waals surface area contributed by atoms with Gasteiger partial charge in [0.15, 0.2) is 0 Å². The Morgan fingerprint density at radius 1 is 1.00 bits per heavy atom. The molecule has 0 aliphatic carbocycles. The van der Waals surface area contributed by atoms with Crippen molar-refractivity contribution in [2.45, 2.75) is 31.3 Å². The molecule has 202 valence electrons. The van der Waals surface area contributed by atoms with E-state index in [9.17, 15) is 18.0 Å². The van der Waals surface area contributed by atoms with Crippen molar-refractivity contribution < 1.29 is 22.7 Å². The Morgan fingerprint density at radius 3 is 2.18 bits per heavy atom. The third-order valence-corrected chi connectivity index (χ3v) is 8.39. The number of carbonyl (C=O) groups is 2. The molecule has 38 heavy (non-hydrogen) atoms. The molecule has 3 aromatic rings. The molecule has 0 aromatic heterocycles. The van der Waals surface area contributed by atoms with Crippen LogP contribution in [0, 0.1) is 6.92 Å². The summed E-state index contributed by atoms with van der Waals surface area (Å²) in [5, 5.41) is 3.28. The van der Waals surface area contributed by atoms with Gasteiger partial charge >= 0.3 is 0 Å². The predicted octanol–water partition coefficient (Wildman–Crippen LogP) is 4.67. The average Bonchev–Trinajstić information content (AvgIpc) is 2.90. The molecule has 8 nitrogen and oxygen atoms in total. The number of aryl methyl sites for hydroxylation is 1. The zero-order valence-electron chi connectivity index (χ0n) is 21.4. The molecular formula is C27H29Cl2N3O5S. The van der Waals surface area contributed by atoms with Gasteiger partial charge in [-0.3, -0.25) is 13.9 Å². The van der Waals surface area contributed by atoms with E-state index in [-0.39, 0.29) is 17.1 Å². The zero-order valence-corrected chi connectivity index (χ0v) is 23.8. The highest BCUT2D eigenvalue weighted by atomic mass is 35.5. The molecule has 1 atom stereocenters. The molecule has 0 radical (unpaired) electrons. The number of sulfonamides is 1. The van der Waals surface area contributed by atoms with Crippen LogP contribution < -0.4 is 14.4 Å². The number of benzene rings is 3. The van der Waals surface area contributed by atoms with E-state index in [2.05, 4.69) is 5.32 Å². The number of likely N-dealkylation sites (N-methyl/N-ethyl adjacent to an activating group) is 1. The smallest absolute Gasteiger partial charge is 0.264 e. The molecule has 0 aliphatic rings. The lowest BCUT2D eigenvalue weighted by Gasteiger charge is -2.32. The van der Waals surface area contributed by atoms with E-state index in [1.165, 1.54) is 37.3 Å². The second-order valence-corrected chi connectivity index (χ2v) is 11.3. The lowest BCUT2D eigenvalue weighted by molar-refractivity contribution is -0.139. The summed E-state index contributed by atoms with van der Waals surface area (Å²) in [5.41, 5.74) is 1.70. The molecule has 0 bridgehead atoms. The number of amides is 2. The van der Waals surface area contributed by atoms with E-state index in [0.717, 1.165) is 9.87 Å². The van der Waals surface area contributed by atoms with Gasteiger partial charge in [0.1, 0.15) is 18.3 Å². The monoisotopic (exact) mass is 577 g/mol. The summed E-state index contributed by atoms with van der Waals surface area (Å²) in [6, 6.07) is 16.6. The van der Waals surface area contributed by atoms with Gasteiger partial charge in [0.2, 0.25) is 11.8 Å². The van der Waals surface area contributed by atoms with Crippen LogP contribution in [0.1, 0.15) is 18.1 Å². The van der Waals surface area contributed by atoms with Crippen LogP contribution in [0.3, 0.4) is 0 Å². The number of ether oxygens (including phenoxy) is 1. The highest BCUT2D eigenvalue weighted by Gasteiger charge is 2.32. The summed E-state index contributed by atoms with van der Waals surface area (Å²) in [4.78, 5) is 27.6. The Hall–Kier alpha value is -3.27. The van der Waals surface area contributed by atoms with Crippen molar-refractivity contribution in [1.29, 1.82) is 0 Å². The third kappa shape index (κ3) is 6.78. The van der Waals surface area contributed by atoms with Crippen molar-refractivity contribution in [3.63, 3.8) is 0 Å². The zero-order chi connectivity index (χ0) is 28.0. The number of halogens is 2. The summed E-state index contributed by atoms with van der Waals surface area (Å²) in [5.74, 6) is -0.487. The van der Waals surface area contributed by atoms with Crippen molar-refractivity contribution in [2.24, 2.45) is 0 Å². The van der Waals surface area contributed by atoms with Gasteiger partial charge in [0, 0.05) is 23.6 Å². The van der Waals surface area contributed by atoms with Crippen LogP contribution in [0.2, 0.25) is 10.0 Å². The number of nitrogens with one attached hydrogen (secondary N) is 1. The Kier molecular flexibility index (Phi) is 9.65. The predicted molar refractivity (Wildman–Crippen MR) is 149 cm³/mol. The fourth-order valence-electron chi connectivity index (χ4n) is 3.74. The first-order chi connectivity index (χ1) is 18.0. The Morgan fingerprint density at radius 2 is 1.63 bits per heavy atom. The van der Waals surface area contributed by atoms with Gasteiger partial charge in [-0.25, -0.2) is 8.42 Å². The van der Waals surface area contributed by atoms with Gasteiger partial charge in [-0.15, -0.1) is 0 Å². The summed E-state index contributed by atoms with van der Waals surface area (Å²) in [7, 11) is -1.20. The Labute approximate surface area is 233 Å². The first kappa shape index (κ1) is 29.3. The first-order valence-electron chi connectivity index (χ1n) is 11.7. The number of rotatable bonds is 10. The minimum Gasteiger partial charge on any atom is -0.497 e. The lowest BCUT2D eigenvalue weighted by Crippen LogP contribution is -2.50. The topological polar surface area (TPSA) is 96.0 Å². The molecule has 1 N–H and O–H groups in total. The third-order valence-electron chi connectivity index (χ3n) is 6.02. The van der Waals surface area contributed by atoms with Crippen LogP contribution in [0.5, 0.6) is 5.75 Å². The minimum atomic E-state index is -4.16. The van der Waals surface area contributed by atoms with Gasteiger partial charge in [-0.1, -0.05) is 47.0 Å². The number of anilines is 1. The summed E-state index contributed by atoms with van der Waals surface area (Å²) in [6.07, 6.45) is 0. The molecule has 3 aromatic carbocycles. The molecule has 0 spiro atoms. The quantitative estimate of drug-likeness (QED) is 0.378. The number of nitrogens with zero attached hydrogens (tertiary/aromatic N) is 2. The number of carbonyl (C=O) groups excluding carboxylic acids is 2.